The van der Waals surface area contributed by atoms with Gasteiger partial charge in [-0.2, -0.15) is 0 Å². The maximum atomic E-state index is 12.3. The molecule has 0 bridgehead atoms. The van der Waals surface area contributed by atoms with Crippen molar-refractivity contribution in [2.45, 2.75) is 50.6 Å². The number of aliphatic hydroxyl groups is 1. The first kappa shape index (κ1) is 17.7. The number of aliphatic hydroxyl groups excluding tert-OH is 1. The van der Waals surface area contributed by atoms with Gasteiger partial charge >= 0.3 is 12.0 Å². The predicted octanol–water partition coefficient (Wildman–Crippen LogP) is 0.813. The number of ether oxygens (including phenoxy) is 1. The Kier molecular flexibility index (Phi) is 8.07. The van der Waals surface area contributed by atoms with Crippen molar-refractivity contribution in [2.24, 2.45) is 0 Å². The molecule has 7 heteroatoms. The highest BCUT2D eigenvalue weighted by molar-refractivity contribution is 5.82. The number of hydrogen-bond donors (Lipinski definition) is 3. The monoisotopic (exact) mass is 302 g/mol. The topological polar surface area (TPSA) is 99.1 Å². The van der Waals surface area contributed by atoms with Crippen LogP contribution in [0.15, 0.2) is 0 Å². The molecular weight excluding hydrogens is 276 g/mol. The molecule has 0 radical (unpaired) electrons. The number of amides is 2. The maximum Gasteiger partial charge on any atom is 0.326 e. The van der Waals surface area contributed by atoms with Crippen molar-refractivity contribution in [3.8, 4) is 0 Å². The van der Waals surface area contributed by atoms with Crippen molar-refractivity contribution in [2.75, 3.05) is 26.9 Å². The zero-order valence-electron chi connectivity index (χ0n) is 12.6. The smallest absolute Gasteiger partial charge is 0.326 e. The van der Waals surface area contributed by atoms with E-state index < -0.39 is 18.0 Å². The van der Waals surface area contributed by atoms with Gasteiger partial charge in [0.2, 0.25) is 0 Å². The molecule has 1 aliphatic rings. The second-order valence-corrected chi connectivity index (χ2v) is 5.35. The highest BCUT2D eigenvalue weighted by atomic mass is 16.5. The van der Waals surface area contributed by atoms with Crippen molar-refractivity contribution >= 4 is 12.0 Å². The van der Waals surface area contributed by atoms with E-state index in [2.05, 4.69) is 5.32 Å². The molecule has 0 aromatic rings. The third-order valence-corrected chi connectivity index (χ3v) is 3.79. The second kappa shape index (κ2) is 9.57. The minimum atomic E-state index is -1.05. The zero-order chi connectivity index (χ0) is 15.7. The van der Waals surface area contributed by atoms with Gasteiger partial charge in [0.05, 0.1) is 12.6 Å². The van der Waals surface area contributed by atoms with E-state index in [1.807, 2.05) is 0 Å². The minimum Gasteiger partial charge on any atom is -0.480 e. The van der Waals surface area contributed by atoms with Crippen LogP contribution in [0.4, 0.5) is 4.79 Å². The van der Waals surface area contributed by atoms with E-state index in [0.717, 1.165) is 25.7 Å². The molecule has 2 amide bonds. The van der Waals surface area contributed by atoms with E-state index in [4.69, 9.17) is 4.74 Å². The first-order chi connectivity index (χ1) is 10.1. The molecule has 1 fully saturated rings. The summed E-state index contributed by atoms with van der Waals surface area (Å²) < 4.78 is 4.90. The first-order valence-corrected chi connectivity index (χ1v) is 7.50. The van der Waals surface area contributed by atoms with Crippen LogP contribution in [0.5, 0.6) is 0 Å². The van der Waals surface area contributed by atoms with Crippen molar-refractivity contribution in [3.63, 3.8) is 0 Å². The fourth-order valence-electron chi connectivity index (χ4n) is 2.56. The van der Waals surface area contributed by atoms with Crippen molar-refractivity contribution in [1.29, 1.82) is 0 Å². The Morgan fingerprint density at radius 2 is 2.14 bits per heavy atom. The molecule has 3 N–H and O–H groups in total. The van der Waals surface area contributed by atoms with Crippen molar-refractivity contribution < 1.29 is 24.5 Å². The van der Waals surface area contributed by atoms with Gasteiger partial charge in [0, 0.05) is 20.3 Å². The Morgan fingerprint density at radius 3 is 2.76 bits per heavy atom. The first-order valence-electron chi connectivity index (χ1n) is 7.50. The molecule has 2 unspecified atom stereocenters. The summed E-state index contributed by atoms with van der Waals surface area (Å²) >= 11 is 0. The number of aliphatic carboxylic acids is 1. The van der Waals surface area contributed by atoms with Gasteiger partial charge in [-0.25, -0.2) is 9.59 Å². The number of nitrogens with one attached hydrogen (secondary N) is 1. The highest BCUT2D eigenvalue weighted by Gasteiger charge is 2.28. The van der Waals surface area contributed by atoms with Gasteiger partial charge in [-0.3, -0.25) is 0 Å². The Hall–Kier alpha value is -1.34. The number of nitrogens with zero attached hydrogens (tertiary/aromatic N) is 1. The Bertz CT molecular complexity index is 337. The molecule has 0 spiro atoms. The summed E-state index contributed by atoms with van der Waals surface area (Å²) in [7, 11) is 1.55. The number of hydrogen-bond acceptors (Lipinski definition) is 4. The predicted molar refractivity (Wildman–Crippen MR) is 77.1 cm³/mol. The number of urea groups is 1. The van der Waals surface area contributed by atoms with E-state index in [1.54, 1.807) is 12.0 Å². The summed E-state index contributed by atoms with van der Waals surface area (Å²) in [5.41, 5.74) is 0. The fourth-order valence-corrected chi connectivity index (χ4v) is 2.56. The lowest BCUT2D eigenvalue weighted by Gasteiger charge is -2.30. The number of methoxy groups -OCH3 is 1. The molecule has 1 saturated heterocycles. The zero-order valence-corrected chi connectivity index (χ0v) is 12.6. The van der Waals surface area contributed by atoms with Crippen LogP contribution in [0.3, 0.4) is 0 Å². The lowest BCUT2D eigenvalue weighted by atomic mass is 10.1. The Morgan fingerprint density at radius 1 is 1.38 bits per heavy atom. The quantitative estimate of drug-likeness (QED) is 0.605. The average Bonchev–Trinajstić information content (AvgIpc) is 2.71. The third-order valence-electron chi connectivity index (χ3n) is 3.79. The molecule has 0 aromatic carbocycles. The van der Waals surface area contributed by atoms with Gasteiger partial charge in [-0.15, -0.1) is 0 Å². The van der Waals surface area contributed by atoms with Crippen LogP contribution in [-0.2, 0) is 9.53 Å². The summed E-state index contributed by atoms with van der Waals surface area (Å²) in [5, 5.41) is 21.1. The van der Waals surface area contributed by atoms with E-state index >= 15 is 0 Å². The summed E-state index contributed by atoms with van der Waals surface area (Å²) in [6.07, 6.45) is 4.53. The molecule has 1 heterocycles. The summed E-state index contributed by atoms with van der Waals surface area (Å²) in [5.74, 6) is -1.05. The third kappa shape index (κ3) is 5.89. The number of carboxylic acids is 1. The van der Waals surface area contributed by atoms with Gasteiger partial charge < -0.3 is 25.2 Å². The van der Waals surface area contributed by atoms with Crippen LogP contribution in [0.2, 0.25) is 0 Å². The SMILES string of the molecule is COCCCC(NC(=O)N1CCCCCC1CO)C(=O)O. The molecule has 0 aliphatic carbocycles. The Labute approximate surface area is 125 Å². The van der Waals surface area contributed by atoms with Gasteiger partial charge in [0.25, 0.3) is 0 Å². The molecule has 2 atom stereocenters. The number of carboxylic acid groups (broad SMARTS) is 1. The molecular formula is C14H26N2O5. The van der Waals surface area contributed by atoms with Crippen LogP contribution in [0, 0.1) is 0 Å². The van der Waals surface area contributed by atoms with Crippen LogP contribution >= 0.6 is 0 Å². The van der Waals surface area contributed by atoms with Crippen LogP contribution < -0.4 is 5.32 Å². The molecule has 0 saturated carbocycles. The van der Waals surface area contributed by atoms with Crippen LogP contribution in [0.25, 0.3) is 0 Å². The van der Waals surface area contributed by atoms with E-state index in [-0.39, 0.29) is 12.6 Å². The van der Waals surface area contributed by atoms with Gasteiger partial charge in [0.1, 0.15) is 6.04 Å². The summed E-state index contributed by atoms with van der Waals surface area (Å²) in [6.45, 7) is 0.929. The van der Waals surface area contributed by atoms with E-state index in [9.17, 15) is 19.8 Å². The Balaban J connectivity index is 2.59. The van der Waals surface area contributed by atoms with Crippen LogP contribution in [0.1, 0.15) is 38.5 Å². The number of likely N-dealkylation sites (tertiary alicyclic amines) is 1. The highest BCUT2D eigenvalue weighted by Crippen LogP contribution is 2.16. The minimum absolute atomic E-state index is 0.0885. The van der Waals surface area contributed by atoms with Gasteiger partial charge in [0.15, 0.2) is 0 Å². The van der Waals surface area contributed by atoms with Crippen LogP contribution in [-0.4, -0.2) is 66.1 Å². The maximum absolute atomic E-state index is 12.3. The van der Waals surface area contributed by atoms with E-state index in [0.29, 0.717) is 26.0 Å². The van der Waals surface area contributed by atoms with Crippen molar-refractivity contribution in [1.82, 2.24) is 10.2 Å². The van der Waals surface area contributed by atoms with E-state index in [1.165, 1.54) is 0 Å². The van der Waals surface area contributed by atoms with Crippen molar-refractivity contribution in [3.05, 3.63) is 0 Å². The number of carbonyl (C=O) groups is 2. The standard InChI is InChI=1S/C14H26N2O5/c1-21-9-5-7-12(13(18)19)15-14(20)16-8-4-2-3-6-11(16)10-17/h11-12,17H,2-10H2,1H3,(H,15,20)(H,18,19). The molecule has 1 aliphatic heterocycles. The average molecular weight is 302 g/mol. The number of rotatable bonds is 7. The fraction of sp³-hybridized carbons (Fsp3) is 0.857. The molecule has 122 valence electrons. The summed E-state index contributed by atoms with van der Waals surface area (Å²) in [4.78, 5) is 25.1. The molecule has 0 aromatic heterocycles. The number of carbonyl (C=O) groups excluding carboxylic acids is 1. The van der Waals surface area contributed by atoms with Gasteiger partial charge in [-0.1, -0.05) is 12.8 Å². The lowest BCUT2D eigenvalue weighted by Crippen LogP contribution is -2.52. The van der Waals surface area contributed by atoms with Gasteiger partial charge in [-0.05, 0) is 25.7 Å². The second-order valence-electron chi connectivity index (χ2n) is 5.35. The summed E-state index contributed by atoms with van der Waals surface area (Å²) in [6, 6.07) is -1.54. The molecule has 1 rings (SSSR count). The molecule has 21 heavy (non-hydrogen) atoms. The lowest BCUT2D eigenvalue weighted by molar-refractivity contribution is -0.139. The molecule has 7 nitrogen and oxygen atoms in total. The largest absolute Gasteiger partial charge is 0.480 e. The normalized spacial score (nSPS) is 20.7.